The van der Waals surface area contributed by atoms with Crippen molar-refractivity contribution >= 4 is 28.9 Å². The highest BCUT2D eigenvalue weighted by Gasteiger charge is 2.19. The van der Waals surface area contributed by atoms with Crippen LogP contribution in [0.25, 0.3) is 11.2 Å². The molecule has 0 N–H and O–H groups in total. The zero-order valence-corrected chi connectivity index (χ0v) is 14.2. The van der Waals surface area contributed by atoms with Crippen molar-refractivity contribution in [2.75, 3.05) is 5.75 Å². The number of carboxylic acid groups (broad SMARTS) is 1. The Morgan fingerprint density at radius 3 is 2.52 bits per heavy atom. The van der Waals surface area contributed by atoms with Crippen molar-refractivity contribution in [3.63, 3.8) is 0 Å². The van der Waals surface area contributed by atoms with Gasteiger partial charge < -0.3 is 14.5 Å². The number of fused-ring (bicyclic) bond motifs is 1. The molecule has 0 spiro atoms. The van der Waals surface area contributed by atoms with Gasteiger partial charge in [0, 0.05) is 26.4 Å². The average Bonchev–Trinajstić information content (AvgIpc) is 2.88. The van der Waals surface area contributed by atoms with E-state index in [0.717, 1.165) is 35.6 Å². The Morgan fingerprint density at radius 1 is 1.22 bits per heavy atom. The molecule has 0 unspecified atom stereocenters. The first kappa shape index (κ1) is 17.3. The summed E-state index contributed by atoms with van der Waals surface area (Å²) in [5, 5.41) is 11.1. The van der Waals surface area contributed by atoms with Gasteiger partial charge in [0.15, 0.2) is 16.3 Å². The van der Waals surface area contributed by atoms with E-state index < -0.39 is 17.2 Å². The molecule has 0 aliphatic carbocycles. The molecule has 0 saturated carbocycles. The van der Waals surface area contributed by atoms with E-state index in [9.17, 15) is 19.5 Å². The van der Waals surface area contributed by atoms with E-state index in [4.69, 9.17) is 0 Å². The fourth-order valence-corrected chi connectivity index (χ4v) is 3.12. The van der Waals surface area contributed by atoms with Crippen LogP contribution in [0.4, 0.5) is 0 Å². The Hall–Kier alpha value is -2.03. The van der Waals surface area contributed by atoms with Crippen LogP contribution in [0.3, 0.4) is 0 Å². The van der Waals surface area contributed by atoms with Gasteiger partial charge in [-0.2, -0.15) is 0 Å². The first-order chi connectivity index (χ1) is 10.9. The lowest BCUT2D eigenvalue weighted by Gasteiger charge is -2.09. The summed E-state index contributed by atoms with van der Waals surface area (Å²) in [5.74, 6) is -1.46. The van der Waals surface area contributed by atoms with Crippen LogP contribution in [0.1, 0.15) is 26.2 Å². The van der Waals surface area contributed by atoms with Gasteiger partial charge in [-0.3, -0.25) is 13.9 Å². The molecule has 0 bridgehead atoms. The number of carboxylic acids is 1. The van der Waals surface area contributed by atoms with Crippen molar-refractivity contribution in [1.82, 2.24) is 18.7 Å². The van der Waals surface area contributed by atoms with Crippen LogP contribution < -0.4 is 16.4 Å². The van der Waals surface area contributed by atoms with Gasteiger partial charge >= 0.3 is 5.69 Å². The number of hydrogen-bond acceptors (Lipinski definition) is 6. The minimum absolute atomic E-state index is 0.259. The first-order valence-electron chi connectivity index (χ1n) is 7.37. The SMILES string of the molecule is CCCCCn1c(SCC(=O)[O-])nc2c1c(=O)n(C)c(=O)n2C. The summed E-state index contributed by atoms with van der Waals surface area (Å²) >= 11 is 0.994. The molecule has 0 fully saturated rings. The van der Waals surface area contributed by atoms with Crippen LogP contribution in [0.15, 0.2) is 14.7 Å². The largest absolute Gasteiger partial charge is 0.549 e. The van der Waals surface area contributed by atoms with Crippen LogP contribution >= 0.6 is 11.8 Å². The summed E-state index contributed by atoms with van der Waals surface area (Å²) < 4.78 is 4.05. The molecule has 2 aromatic heterocycles. The number of aromatic nitrogens is 4. The normalized spacial score (nSPS) is 11.3. The van der Waals surface area contributed by atoms with Gasteiger partial charge in [-0.25, -0.2) is 9.78 Å². The molecule has 2 heterocycles. The summed E-state index contributed by atoms with van der Waals surface area (Å²) in [5.41, 5.74) is -0.286. The fourth-order valence-electron chi connectivity index (χ4n) is 2.39. The summed E-state index contributed by atoms with van der Waals surface area (Å²) in [6.45, 7) is 2.62. The molecule has 0 aliphatic rings. The maximum atomic E-state index is 12.5. The molecule has 0 aromatic carbocycles. The van der Waals surface area contributed by atoms with Crippen molar-refractivity contribution in [1.29, 1.82) is 0 Å². The molecule has 0 saturated heterocycles. The van der Waals surface area contributed by atoms with Crippen molar-refractivity contribution in [3.8, 4) is 0 Å². The Kier molecular flexibility index (Phi) is 5.30. The first-order valence-corrected chi connectivity index (χ1v) is 8.36. The molecule has 9 heteroatoms. The van der Waals surface area contributed by atoms with E-state index in [2.05, 4.69) is 11.9 Å². The predicted molar refractivity (Wildman–Crippen MR) is 85.5 cm³/mol. The molecule has 0 atom stereocenters. The topological polar surface area (TPSA) is 102 Å². The van der Waals surface area contributed by atoms with E-state index in [0.29, 0.717) is 17.2 Å². The number of rotatable bonds is 7. The lowest BCUT2D eigenvalue weighted by Crippen LogP contribution is -2.37. The molecule has 2 aromatic rings. The van der Waals surface area contributed by atoms with Crippen LogP contribution in [-0.4, -0.2) is 30.4 Å². The molecular formula is C14H19N4O4S-. The van der Waals surface area contributed by atoms with E-state index in [1.165, 1.54) is 11.6 Å². The summed E-state index contributed by atoms with van der Waals surface area (Å²) in [7, 11) is 2.96. The monoisotopic (exact) mass is 339 g/mol. The van der Waals surface area contributed by atoms with Crippen molar-refractivity contribution in [2.24, 2.45) is 14.1 Å². The van der Waals surface area contributed by atoms with Crippen LogP contribution in [0.5, 0.6) is 0 Å². The van der Waals surface area contributed by atoms with Gasteiger partial charge in [0.05, 0.1) is 5.97 Å². The third-order valence-electron chi connectivity index (χ3n) is 3.62. The third kappa shape index (κ3) is 3.34. The van der Waals surface area contributed by atoms with E-state index >= 15 is 0 Å². The van der Waals surface area contributed by atoms with Crippen molar-refractivity contribution < 1.29 is 9.90 Å². The second-order valence-electron chi connectivity index (χ2n) is 5.29. The lowest BCUT2D eigenvalue weighted by molar-refractivity contribution is -0.301. The van der Waals surface area contributed by atoms with Gasteiger partial charge in [0.1, 0.15) is 0 Å². The van der Waals surface area contributed by atoms with Gasteiger partial charge in [-0.1, -0.05) is 31.5 Å². The number of carbonyl (C=O) groups is 1. The van der Waals surface area contributed by atoms with E-state index in [1.807, 2.05) is 0 Å². The zero-order valence-electron chi connectivity index (χ0n) is 13.4. The summed E-state index contributed by atoms with van der Waals surface area (Å²) in [6, 6.07) is 0. The molecule has 126 valence electrons. The Labute approximate surface area is 136 Å². The number of aliphatic carboxylic acids is 1. The Balaban J connectivity index is 2.64. The molecule has 0 aliphatic heterocycles. The number of imidazole rings is 1. The smallest absolute Gasteiger partial charge is 0.332 e. The highest BCUT2D eigenvalue weighted by Crippen LogP contribution is 2.22. The van der Waals surface area contributed by atoms with Crippen LogP contribution in [-0.2, 0) is 25.4 Å². The molecular weight excluding hydrogens is 320 g/mol. The highest BCUT2D eigenvalue weighted by atomic mass is 32.2. The standard InChI is InChI=1S/C14H20N4O4S/c1-4-5-6-7-18-10-11(15-13(18)23-8-9(19)20)16(2)14(22)17(3)12(10)21/h4-8H2,1-3H3,(H,19,20)/p-1. The minimum Gasteiger partial charge on any atom is -0.549 e. The second-order valence-corrected chi connectivity index (χ2v) is 6.23. The molecule has 23 heavy (non-hydrogen) atoms. The molecule has 0 radical (unpaired) electrons. The summed E-state index contributed by atoms with van der Waals surface area (Å²) in [6.07, 6.45) is 2.84. The fraction of sp³-hybridized carbons (Fsp3) is 0.571. The van der Waals surface area contributed by atoms with Crippen molar-refractivity contribution in [2.45, 2.75) is 37.9 Å². The summed E-state index contributed by atoms with van der Waals surface area (Å²) in [4.78, 5) is 39.5. The third-order valence-corrected chi connectivity index (χ3v) is 4.57. The van der Waals surface area contributed by atoms with Crippen molar-refractivity contribution in [3.05, 3.63) is 20.8 Å². The maximum absolute atomic E-state index is 12.5. The van der Waals surface area contributed by atoms with Gasteiger partial charge in [-0.05, 0) is 6.42 Å². The van der Waals surface area contributed by atoms with Gasteiger partial charge in [0.2, 0.25) is 0 Å². The highest BCUT2D eigenvalue weighted by molar-refractivity contribution is 7.99. The Morgan fingerprint density at radius 2 is 1.91 bits per heavy atom. The number of nitrogens with zero attached hydrogens (tertiary/aromatic N) is 4. The zero-order chi connectivity index (χ0) is 17.1. The van der Waals surface area contributed by atoms with Gasteiger partial charge in [0.25, 0.3) is 5.56 Å². The van der Waals surface area contributed by atoms with Crippen LogP contribution in [0.2, 0.25) is 0 Å². The second kappa shape index (κ2) is 7.03. The number of aryl methyl sites for hydroxylation is 2. The quantitative estimate of drug-likeness (QED) is 0.496. The minimum atomic E-state index is -1.20. The predicted octanol–water partition coefficient (Wildman–Crippen LogP) is -0.534. The van der Waals surface area contributed by atoms with E-state index in [-0.39, 0.29) is 11.4 Å². The Bertz CT molecular complexity index is 849. The van der Waals surface area contributed by atoms with Crippen LogP contribution in [0, 0.1) is 0 Å². The van der Waals surface area contributed by atoms with E-state index in [1.54, 1.807) is 11.6 Å². The molecule has 8 nitrogen and oxygen atoms in total. The average molecular weight is 339 g/mol. The number of thioether (sulfide) groups is 1. The lowest BCUT2D eigenvalue weighted by atomic mass is 10.2. The van der Waals surface area contributed by atoms with Gasteiger partial charge in [-0.15, -0.1) is 0 Å². The number of unbranched alkanes of at least 4 members (excludes halogenated alkanes) is 2. The maximum Gasteiger partial charge on any atom is 0.332 e. The number of hydrogen-bond donors (Lipinski definition) is 0. The number of carbonyl (C=O) groups excluding carboxylic acids is 1. The molecule has 0 amide bonds. The molecule has 2 rings (SSSR count).